The van der Waals surface area contributed by atoms with E-state index >= 15 is 0 Å². The van der Waals surface area contributed by atoms with E-state index in [4.69, 9.17) is 4.74 Å². The molecule has 0 aliphatic carbocycles. The number of ether oxygens (including phenoxy) is 1. The molecule has 0 amide bonds. The van der Waals surface area contributed by atoms with E-state index in [1.165, 1.54) is 0 Å². The first-order valence-electron chi connectivity index (χ1n) is 5.50. The molecular weight excluding hydrogens is 300 g/mol. The summed E-state index contributed by atoms with van der Waals surface area (Å²) >= 11 is 3.40. The number of rotatable bonds is 5. The van der Waals surface area contributed by atoms with E-state index in [1.807, 2.05) is 7.05 Å². The van der Waals surface area contributed by atoms with Crippen molar-refractivity contribution in [3.05, 3.63) is 34.6 Å². The van der Waals surface area contributed by atoms with Crippen LogP contribution in [0.4, 0.5) is 0 Å². The molecular formula is C11H15BrN4O2. The molecule has 1 atom stereocenters. The molecule has 98 valence electrons. The number of aromatic nitrogens is 4. The van der Waals surface area contributed by atoms with E-state index < -0.39 is 6.10 Å². The van der Waals surface area contributed by atoms with Crippen LogP contribution in [-0.4, -0.2) is 38.2 Å². The Morgan fingerprint density at radius 3 is 2.94 bits per heavy atom. The summed E-state index contributed by atoms with van der Waals surface area (Å²) in [7, 11) is 3.47. The Hall–Kier alpha value is -1.18. The summed E-state index contributed by atoms with van der Waals surface area (Å²) in [5.41, 5.74) is 0.682. The van der Waals surface area contributed by atoms with Crippen molar-refractivity contribution in [2.45, 2.75) is 12.6 Å². The van der Waals surface area contributed by atoms with Gasteiger partial charge in [0.15, 0.2) is 6.10 Å². The van der Waals surface area contributed by atoms with Crippen LogP contribution >= 0.6 is 15.9 Å². The summed E-state index contributed by atoms with van der Waals surface area (Å²) in [5.74, 6) is 0.579. The fourth-order valence-electron chi connectivity index (χ4n) is 1.76. The maximum Gasteiger partial charge on any atom is 0.154 e. The van der Waals surface area contributed by atoms with Crippen molar-refractivity contribution in [3.8, 4) is 0 Å². The Labute approximate surface area is 113 Å². The summed E-state index contributed by atoms with van der Waals surface area (Å²) in [6, 6.07) is 0. The van der Waals surface area contributed by atoms with Gasteiger partial charge in [0.2, 0.25) is 0 Å². The Morgan fingerprint density at radius 1 is 1.56 bits per heavy atom. The van der Waals surface area contributed by atoms with Gasteiger partial charge in [-0.1, -0.05) is 0 Å². The number of aliphatic hydroxyl groups excluding tert-OH is 1. The molecule has 0 fully saturated rings. The number of hydrogen-bond acceptors (Lipinski definition) is 4. The topological polar surface area (TPSA) is 65.1 Å². The Kier molecular flexibility index (Phi) is 4.15. The summed E-state index contributed by atoms with van der Waals surface area (Å²) in [6.07, 6.45) is 4.29. The number of imidazole rings is 1. The highest BCUT2D eigenvalue weighted by atomic mass is 79.9. The first-order chi connectivity index (χ1) is 8.65. The zero-order chi connectivity index (χ0) is 13.1. The minimum absolute atomic E-state index is 0.536. The molecule has 0 saturated heterocycles. The van der Waals surface area contributed by atoms with Gasteiger partial charge in [0.05, 0.1) is 29.5 Å². The summed E-state index contributed by atoms with van der Waals surface area (Å²) in [5, 5.41) is 14.6. The van der Waals surface area contributed by atoms with Crippen molar-refractivity contribution in [1.29, 1.82) is 0 Å². The lowest BCUT2D eigenvalue weighted by Crippen LogP contribution is -2.16. The maximum atomic E-state index is 10.4. The van der Waals surface area contributed by atoms with Crippen LogP contribution in [0, 0.1) is 0 Å². The van der Waals surface area contributed by atoms with E-state index in [-0.39, 0.29) is 0 Å². The molecule has 2 rings (SSSR count). The van der Waals surface area contributed by atoms with Crippen molar-refractivity contribution in [2.24, 2.45) is 7.05 Å². The molecule has 0 spiro atoms. The molecule has 0 aromatic carbocycles. The van der Waals surface area contributed by atoms with Crippen molar-refractivity contribution in [1.82, 2.24) is 19.3 Å². The Balaban J connectivity index is 2.32. The van der Waals surface area contributed by atoms with Gasteiger partial charge in [0.25, 0.3) is 0 Å². The van der Waals surface area contributed by atoms with Crippen LogP contribution in [-0.2, 0) is 18.3 Å². The first kappa shape index (κ1) is 13.3. The highest BCUT2D eigenvalue weighted by Gasteiger charge is 2.22. The van der Waals surface area contributed by atoms with Gasteiger partial charge in [-0.25, -0.2) is 4.98 Å². The Bertz CT molecular complexity index is 523. The molecule has 0 aliphatic rings. The molecule has 7 heteroatoms. The Morgan fingerprint density at radius 2 is 2.33 bits per heavy atom. The number of methoxy groups -OCH3 is 1. The van der Waals surface area contributed by atoms with Gasteiger partial charge in [-0.2, -0.15) is 5.10 Å². The van der Waals surface area contributed by atoms with Crippen molar-refractivity contribution < 1.29 is 9.84 Å². The molecule has 1 N–H and O–H groups in total. The number of nitrogens with zero attached hydrogens (tertiary/aromatic N) is 4. The third-order valence-corrected chi connectivity index (χ3v) is 3.31. The van der Waals surface area contributed by atoms with Crippen molar-refractivity contribution in [2.75, 3.05) is 13.7 Å². The van der Waals surface area contributed by atoms with Crippen LogP contribution < -0.4 is 0 Å². The van der Waals surface area contributed by atoms with Crippen LogP contribution in [0.25, 0.3) is 0 Å². The molecule has 2 aromatic heterocycles. The normalized spacial score (nSPS) is 12.9. The molecule has 0 radical (unpaired) electrons. The highest BCUT2D eigenvalue weighted by Crippen LogP contribution is 2.27. The van der Waals surface area contributed by atoms with Crippen LogP contribution in [0.5, 0.6) is 0 Å². The second-order valence-corrected chi connectivity index (χ2v) is 4.75. The first-order valence-corrected chi connectivity index (χ1v) is 6.30. The van der Waals surface area contributed by atoms with Crippen molar-refractivity contribution >= 4 is 15.9 Å². The van der Waals surface area contributed by atoms with Gasteiger partial charge in [-0.15, -0.1) is 0 Å². The molecule has 0 bridgehead atoms. The van der Waals surface area contributed by atoms with Crippen molar-refractivity contribution in [3.63, 3.8) is 0 Å². The lowest BCUT2D eigenvalue weighted by atomic mass is 10.2. The van der Waals surface area contributed by atoms with Gasteiger partial charge in [-0.05, 0) is 15.9 Å². The molecule has 1 unspecified atom stereocenters. The molecule has 18 heavy (non-hydrogen) atoms. The standard InChI is InChI=1S/C11H15BrN4O2/c1-15-4-3-13-11(15)10(17)9-8(12)7-14-16(9)5-6-18-2/h3-4,7,10,17H,5-6H2,1-2H3. The summed E-state index contributed by atoms with van der Waals surface area (Å²) in [4.78, 5) is 4.15. The van der Waals surface area contributed by atoms with E-state index in [1.54, 1.807) is 34.9 Å². The monoisotopic (exact) mass is 314 g/mol. The van der Waals surface area contributed by atoms with E-state index in [2.05, 4.69) is 26.0 Å². The van der Waals surface area contributed by atoms with E-state index in [0.29, 0.717) is 24.7 Å². The predicted octanol–water partition coefficient (Wildman–Crippen LogP) is 1.11. The predicted molar refractivity (Wildman–Crippen MR) is 69.1 cm³/mol. The average Bonchev–Trinajstić information content (AvgIpc) is 2.92. The zero-order valence-corrected chi connectivity index (χ0v) is 11.8. The van der Waals surface area contributed by atoms with E-state index in [9.17, 15) is 5.11 Å². The molecule has 0 saturated carbocycles. The minimum atomic E-state index is -0.821. The molecule has 6 nitrogen and oxygen atoms in total. The average molecular weight is 315 g/mol. The van der Waals surface area contributed by atoms with E-state index in [0.717, 1.165) is 4.47 Å². The van der Waals surface area contributed by atoms with Gasteiger partial charge in [-0.3, -0.25) is 4.68 Å². The quantitative estimate of drug-likeness (QED) is 0.898. The number of halogens is 1. The fraction of sp³-hybridized carbons (Fsp3) is 0.455. The smallest absolute Gasteiger partial charge is 0.154 e. The molecule has 2 aromatic rings. The number of hydrogen-bond donors (Lipinski definition) is 1. The minimum Gasteiger partial charge on any atom is -0.383 e. The number of aryl methyl sites for hydroxylation is 1. The second kappa shape index (κ2) is 5.64. The zero-order valence-electron chi connectivity index (χ0n) is 10.2. The highest BCUT2D eigenvalue weighted by molar-refractivity contribution is 9.10. The van der Waals surface area contributed by atoms with Crippen LogP contribution in [0.15, 0.2) is 23.1 Å². The maximum absolute atomic E-state index is 10.4. The number of aliphatic hydroxyl groups is 1. The van der Waals surface area contributed by atoms with Gasteiger partial charge < -0.3 is 14.4 Å². The van der Waals surface area contributed by atoms with Crippen LogP contribution in [0.1, 0.15) is 17.6 Å². The third-order valence-electron chi connectivity index (χ3n) is 2.70. The van der Waals surface area contributed by atoms with Gasteiger partial charge >= 0.3 is 0 Å². The fourth-order valence-corrected chi connectivity index (χ4v) is 2.28. The lowest BCUT2D eigenvalue weighted by molar-refractivity contribution is 0.167. The van der Waals surface area contributed by atoms with Crippen LogP contribution in [0.2, 0.25) is 0 Å². The summed E-state index contributed by atoms with van der Waals surface area (Å²) < 4.78 is 9.28. The van der Waals surface area contributed by atoms with Gasteiger partial charge in [0, 0.05) is 26.6 Å². The van der Waals surface area contributed by atoms with Gasteiger partial charge in [0.1, 0.15) is 5.82 Å². The molecule has 2 heterocycles. The SMILES string of the molecule is COCCn1ncc(Br)c1C(O)c1nccn1C. The summed E-state index contributed by atoms with van der Waals surface area (Å²) in [6.45, 7) is 1.12. The third kappa shape index (κ3) is 2.47. The second-order valence-electron chi connectivity index (χ2n) is 3.89. The molecule has 0 aliphatic heterocycles. The van der Waals surface area contributed by atoms with Crippen LogP contribution in [0.3, 0.4) is 0 Å². The lowest BCUT2D eigenvalue weighted by Gasteiger charge is -2.14. The largest absolute Gasteiger partial charge is 0.383 e.